The summed E-state index contributed by atoms with van der Waals surface area (Å²) in [6, 6.07) is 29.2. The molecule has 4 aromatic carbocycles. The van der Waals surface area contributed by atoms with Crippen LogP contribution in [0.2, 0.25) is 0 Å². The predicted molar refractivity (Wildman–Crippen MR) is 120 cm³/mol. The van der Waals surface area contributed by atoms with Gasteiger partial charge in [-0.2, -0.15) is 10.2 Å². The van der Waals surface area contributed by atoms with E-state index in [1.807, 2.05) is 60.7 Å². The molecule has 0 spiro atoms. The topological polar surface area (TPSA) is 80.1 Å². The van der Waals surface area contributed by atoms with Gasteiger partial charge in [-0.3, -0.25) is 4.79 Å². The molecule has 1 N–H and O–H groups in total. The zero-order valence-electron chi connectivity index (χ0n) is 16.6. The van der Waals surface area contributed by atoms with Crippen LogP contribution >= 0.6 is 0 Å². The van der Waals surface area contributed by atoms with Gasteiger partial charge in [0.2, 0.25) is 0 Å². The summed E-state index contributed by atoms with van der Waals surface area (Å²) in [5, 5.41) is 12.7. The molecule has 152 valence electrons. The molecule has 0 fully saturated rings. The molecule has 0 saturated heterocycles. The first-order valence-corrected chi connectivity index (χ1v) is 9.71. The summed E-state index contributed by atoms with van der Waals surface area (Å²) in [4.78, 5) is 24.6. The van der Waals surface area contributed by atoms with Crippen molar-refractivity contribution in [3.8, 4) is 0 Å². The number of ether oxygens (including phenoxy) is 1. The van der Waals surface area contributed by atoms with Crippen molar-refractivity contribution in [2.75, 3.05) is 11.9 Å². The minimum atomic E-state index is -0.538. The van der Waals surface area contributed by atoms with Crippen LogP contribution in [-0.2, 0) is 9.53 Å². The van der Waals surface area contributed by atoms with Crippen molar-refractivity contribution in [2.45, 2.75) is 0 Å². The Bertz CT molecular complexity index is 1230. The molecule has 0 saturated carbocycles. The number of carbonyl (C=O) groups is 2. The maximum Gasteiger partial charge on any atom is 0.339 e. The van der Waals surface area contributed by atoms with Crippen LogP contribution in [0.4, 0.5) is 17.1 Å². The lowest BCUT2D eigenvalue weighted by Gasteiger charge is -2.08. The van der Waals surface area contributed by atoms with Gasteiger partial charge >= 0.3 is 5.97 Å². The summed E-state index contributed by atoms with van der Waals surface area (Å²) in [5.74, 6) is -0.962. The highest BCUT2D eigenvalue weighted by atomic mass is 16.5. The van der Waals surface area contributed by atoms with E-state index in [2.05, 4.69) is 15.5 Å². The van der Waals surface area contributed by atoms with E-state index >= 15 is 0 Å². The Labute approximate surface area is 179 Å². The monoisotopic (exact) mass is 409 g/mol. The second-order valence-corrected chi connectivity index (χ2v) is 6.73. The highest BCUT2D eigenvalue weighted by molar-refractivity contribution is 6.05. The van der Waals surface area contributed by atoms with Crippen LogP contribution in [0.15, 0.2) is 107 Å². The molecule has 0 heterocycles. The molecule has 0 aliphatic carbocycles. The number of hydrogen-bond acceptors (Lipinski definition) is 5. The summed E-state index contributed by atoms with van der Waals surface area (Å²) in [7, 11) is 0. The number of nitrogens with zero attached hydrogens (tertiary/aromatic N) is 2. The van der Waals surface area contributed by atoms with Gasteiger partial charge in [-0.15, -0.1) is 0 Å². The van der Waals surface area contributed by atoms with Crippen LogP contribution in [0, 0.1) is 0 Å². The van der Waals surface area contributed by atoms with Crippen molar-refractivity contribution in [2.24, 2.45) is 10.2 Å². The fourth-order valence-corrected chi connectivity index (χ4v) is 3.03. The minimum absolute atomic E-state index is 0.377. The first kappa shape index (κ1) is 20.0. The fourth-order valence-electron chi connectivity index (χ4n) is 3.03. The van der Waals surface area contributed by atoms with E-state index in [9.17, 15) is 9.59 Å². The van der Waals surface area contributed by atoms with E-state index in [4.69, 9.17) is 4.74 Å². The van der Waals surface area contributed by atoms with Crippen molar-refractivity contribution in [1.29, 1.82) is 0 Å². The third kappa shape index (κ3) is 5.19. The molecule has 0 radical (unpaired) electrons. The summed E-state index contributed by atoms with van der Waals surface area (Å²) in [6.07, 6.45) is 0. The summed E-state index contributed by atoms with van der Waals surface area (Å²) in [6.45, 7) is -0.377. The highest BCUT2D eigenvalue weighted by Crippen LogP contribution is 2.21. The Morgan fingerprint density at radius 3 is 2.13 bits per heavy atom. The molecule has 4 rings (SSSR count). The fraction of sp³-hybridized carbons (Fsp3) is 0.0400. The average molecular weight is 409 g/mol. The van der Waals surface area contributed by atoms with E-state index in [1.165, 1.54) is 0 Å². The van der Waals surface area contributed by atoms with Crippen molar-refractivity contribution < 1.29 is 14.3 Å². The zero-order valence-corrected chi connectivity index (χ0v) is 16.6. The lowest BCUT2D eigenvalue weighted by molar-refractivity contribution is -0.119. The summed E-state index contributed by atoms with van der Waals surface area (Å²) >= 11 is 0. The minimum Gasteiger partial charge on any atom is -0.452 e. The van der Waals surface area contributed by atoms with E-state index in [1.54, 1.807) is 36.4 Å². The Hall–Kier alpha value is -4.32. The molecule has 0 aliphatic rings. The van der Waals surface area contributed by atoms with Gasteiger partial charge in [0.15, 0.2) is 6.61 Å². The highest BCUT2D eigenvalue weighted by Gasteiger charge is 2.13. The molecule has 31 heavy (non-hydrogen) atoms. The third-order valence-electron chi connectivity index (χ3n) is 4.53. The van der Waals surface area contributed by atoms with Gasteiger partial charge in [0.05, 0.1) is 16.9 Å². The van der Waals surface area contributed by atoms with E-state index in [0.29, 0.717) is 16.9 Å². The van der Waals surface area contributed by atoms with Gasteiger partial charge in [-0.25, -0.2) is 4.79 Å². The quantitative estimate of drug-likeness (QED) is 0.311. The van der Waals surface area contributed by atoms with Crippen molar-refractivity contribution >= 4 is 39.7 Å². The number of rotatable bonds is 6. The van der Waals surface area contributed by atoms with Crippen molar-refractivity contribution in [3.63, 3.8) is 0 Å². The lowest BCUT2D eigenvalue weighted by atomic mass is 10.1. The van der Waals surface area contributed by atoms with E-state index in [-0.39, 0.29) is 6.61 Å². The van der Waals surface area contributed by atoms with Gasteiger partial charge in [-0.1, -0.05) is 54.6 Å². The molecule has 4 aromatic rings. The molecule has 0 unspecified atom stereocenters. The van der Waals surface area contributed by atoms with Crippen molar-refractivity contribution in [1.82, 2.24) is 0 Å². The number of esters is 1. The van der Waals surface area contributed by atoms with Gasteiger partial charge in [-0.05, 0) is 53.2 Å². The van der Waals surface area contributed by atoms with Gasteiger partial charge in [0.25, 0.3) is 5.91 Å². The number of anilines is 1. The molecule has 1 amide bonds. The number of amides is 1. The van der Waals surface area contributed by atoms with Crippen molar-refractivity contribution in [3.05, 3.63) is 103 Å². The van der Waals surface area contributed by atoms with Crippen LogP contribution in [0.5, 0.6) is 0 Å². The Kier molecular flexibility index (Phi) is 6.09. The molecule has 0 aliphatic heterocycles. The number of benzene rings is 4. The molecule has 6 nitrogen and oxygen atoms in total. The van der Waals surface area contributed by atoms with Gasteiger partial charge in [0.1, 0.15) is 0 Å². The smallest absolute Gasteiger partial charge is 0.339 e. The molecule has 0 aromatic heterocycles. The van der Waals surface area contributed by atoms with Crippen LogP contribution in [0.25, 0.3) is 10.8 Å². The second kappa shape index (κ2) is 9.45. The first-order valence-electron chi connectivity index (χ1n) is 9.71. The van der Waals surface area contributed by atoms with Crippen LogP contribution in [0.1, 0.15) is 10.4 Å². The van der Waals surface area contributed by atoms with Crippen LogP contribution in [0.3, 0.4) is 0 Å². The number of nitrogens with one attached hydrogen (secondary N) is 1. The first-order chi connectivity index (χ1) is 15.2. The maximum atomic E-state index is 12.4. The maximum absolute atomic E-state index is 12.4. The molecular weight excluding hydrogens is 390 g/mol. The third-order valence-corrected chi connectivity index (χ3v) is 4.53. The molecule has 6 heteroatoms. The summed E-state index contributed by atoms with van der Waals surface area (Å²) < 4.78 is 5.20. The molecular formula is C25H19N3O3. The molecule has 0 bridgehead atoms. The van der Waals surface area contributed by atoms with Gasteiger partial charge in [0, 0.05) is 5.69 Å². The van der Waals surface area contributed by atoms with Gasteiger partial charge < -0.3 is 10.1 Å². The summed E-state index contributed by atoms with van der Waals surface area (Å²) in [5.41, 5.74) is 2.42. The SMILES string of the molecule is O=C(COC(=O)c1cccc2ccccc12)Nc1ccc(N=Nc2ccccc2)cc1. The number of hydrogen-bond donors (Lipinski definition) is 1. The van der Waals surface area contributed by atoms with Crippen LogP contribution < -0.4 is 5.32 Å². The average Bonchev–Trinajstić information content (AvgIpc) is 2.82. The Morgan fingerprint density at radius 1 is 0.710 bits per heavy atom. The number of azo groups is 1. The lowest BCUT2D eigenvalue weighted by Crippen LogP contribution is -2.21. The Morgan fingerprint density at radius 2 is 1.35 bits per heavy atom. The predicted octanol–water partition coefficient (Wildman–Crippen LogP) is 6.05. The van der Waals surface area contributed by atoms with E-state index < -0.39 is 11.9 Å². The molecule has 0 atom stereocenters. The normalized spacial score (nSPS) is 10.8. The van der Waals surface area contributed by atoms with E-state index in [0.717, 1.165) is 16.5 Å². The number of fused-ring (bicyclic) bond motifs is 1. The second-order valence-electron chi connectivity index (χ2n) is 6.73. The zero-order chi connectivity index (χ0) is 21.5. The standard InChI is InChI=1S/C25H19N3O3/c29-24(17-31-25(30)23-12-6-8-18-7-4-5-11-22(18)23)26-19-13-15-21(16-14-19)28-27-20-9-2-1-3-10-20/h1-16H,17H2,(H,26,29). The number of carbonyl (C=O) groups excluding carboxylic acids is 2. The van der Waals surface area contributed by atoms with Crippen LogP contribution in [-0.4, -0.2) is 18.5 Å². The Balaban J connectivity index is 1.32. The largest absolute Gasteiger partial charge is 0.452 e.